The van der Waals surface area contributed by atoms with E-state index < -0.39 is 17.6 Å². The van der Waals surface area contributed by atoms with Crippen LogP contribution >= 0.6 is 0 Å². The molecule has 2 aromatic carbocycles. The van der Waals surface area contributed by atoms with Gasteiger partial charge in [0.2, 0.25) is 0 Å². The summed E-state index contributed by atoms with van der Waals surface area (Å²) in [6.07, 6.45) is 1.67. The van der Waals surface area contributed by atoms with Crippen LogP contribution in [0.15, 0.2) is 65.6 Å². The van der Waals surface area contributed by atoms with Gasteiger partial charge in [-0.25, -0.2) is 9.78 Å². The first-order valence-corrected chi connectivity index (χ1v) is 13.3. The van der Waals surface area contributed by atoms with E-state index in [0.29, 0.717) is 47.9 Å². The number of aromatic nitrogens is 2. The molecule has 0 bridgehead atoms. The van der Waals surface area contributed by atoms with Crippen LogP contribution in [-0.2, 0) is 0 Å². The molecule has 1 unspecified atom stereocenters. The molecule has 206 valence electrons. The van der Waals surface area contributed by atoms with Crippen LogP contribution in [0.5, 0.6) is 0 Å². The van der Waals surface area contributed by atoms with Gasteiger partial charge in [0.1, 0.15) is 11.7 Å². The molecule has 2 atom stereocenters. The Morgan fingerprint density at radius 1 is 1.12 bits per heavy atom. The van der Waals surface area contributed by atoms with Crippen molar-refractivity contribution in [1.82, 2.24) is 9.38 Å². The van der Waals surface area contributed by atoms with E-state index in [0.717, 1.165) is 11.3 Å². The van der Waals surface area contributed by atoms with Gasteiger partial charge in [-0.15, -0.1) is 0 Å². The van der Waals surface area contributed by atoms with Crippen LogP contribution in [0.25, 0.3) is 5.65 Å². The number of nitriles is 2. The molecular formula is C31H29N7O3. The topological polar surface area (TPSA) is 138 Å². The van der Waals surface area contributed by atoms with Crippen molar-refractivity contribution in [3.63, 3.8) is 0 Å². The summed E-state index contributed by atoms with van der Waals surface area (Å²) >= 11 is 0. The van der Waals surface area contributed by atoms with Gasteiger partial charge in [-0.05, 0) is 68.8 Å². The summed E-state index contributed by atoms with van der Waals surface area (Å²) in [5.74, 6) is -0.703. The Kier molecular flexibility index (Phi) is 7.32. The zero-order valence-corrected chi connectivity index (χ0v) is 23.0. The number of nitrogens with one attached hydrogen (secondary N) is 1. The molecule has 1 saturated heterocycles. The summed E-state index contributed by atoms with van der Waals surface area (Å²) in [6.45, 7) is 7.54. The number of nitrogens with zero attached hydrogens (tertiary/aromatic N) is 6. The fourth-order valence-corrected chi connectivity index (χ4v) is 5.41. The largest absolute Gasteiger partial charge is 0.478 e. The number of benzene rings is 2. The molecule has 10 nitrogen and oxygen atoms in total. The number of pyridine rings is 1. The maximum absolute atomic E-state index is 13.6. The van der Waals surface area contributed by atoms with Crippen molar-refractivity contribution in [2.24, 2.45) is 0 Å². The van der Waals surface area contributed by atoms with Crippen molar-refractivity contribution in [2.45, 2.75) is 32.9 Å². The van der Waals surface area contributed by atoms with E-state index in [1.807, 2.05) is 36.9 Å². The second kappa shape index (κ2) is 11.0. The standard InChI is InChI=1S/C31H29N7O3/c1-19-14-25(21(3)34-27-7-5-4-6-24(27)31(40)41)29-35-28(26(16-33)30(39)38(29)17-19)36-12-13-37(20(2)18-36)23-10-8-22(15-32)9-11-23/h4-11,14,17,20-21,34H,12-13,18H2,1-3H3,(H,40,41)/t20?,21-/m1/s1. The van der Waals surface area contributed by atoms with E-state index >= 15 is 0 Å². The molecule has 0 aliphatic carbocycles. The highest BCUT2D eigenvalue weighted by atomic mass is 16.4. The van der Waals surface area contributed by atoms with Gasteiger partial charge in [0, 0.05) is 48.8 Å². The third-order valence-corrected chi connectivity index (χ3v) is 7.43. The lowest BCUT2D eigenvalue weighted by molar-refractivity contribution is 0.0698. The molecule has 2 aromatic heterocycles. The first-order valence-electron chi connectivity index (χ1n) is 13.3. The minimum atomic E-state index is -1.04. The van der Waals surface area contributed by atoms with E-state index in [4.69, 9.17) is 10.2 Å². The second-order valence-corrected chi connectivity index (χ2v) is 10.3. The highest BCUT2D eigenvalue weighted by Gasteiger charge is 2.29. The molecule has 0 spiro atoms. The number of piperazine rings is 1. The van der Waals surface area contributed by atoms with Crippen LogP contribution in [0.4, 0.5) is 17.2 Å². The summed E-state index contributed by atoms with van der Waals surface area (Å²) in [5, 5.41) is 32.0. The summed E-state index contributed by atoms with van der Waals surface area (Å²) in [7, 11) is 0. The molecule has 41 heavy (non-hydrogen) atoms. The molecule has 3 heterocycles. The fourth-order valence-electron chi connectivity index (χ4n) is 5.41. The molecule has 2 N–H and O–H groups in total. The van der Waals surface area contributed by atoms with Gasteiger partial charge in [-0.3, -0.25) is 9.20 Å². The van der Waals surface area contributed by atoms with Gasteiger partial charge in [0.25, 0.3) is 5.56 Å². The van der Waals surface area contributed by atoms with Gasteiger partial charge in [0.05, 0.1) is 23.2 Å². The van der Waals surface area contributed by atoms with Crippen LogP contribution in [0.3, 0.4) is 0 Å². The fraction of sp³-hybridized carbons (Fsp3) is 0.258. The van der Waals surface area contributed by atoms with Crippen LogP contribution in [-0.4, -0.2) is 46.1 Å². The average Bonchev–Trinajstić information content (AvgIpc) is 2.97. The lowest BCUT2D eigenvalue weighted by Gasteiger charge is -2.42. The number of rotatable bonds is 6. The molecule has 10 heteroatoms. The summed E-state index contributed by atoms with van der Waals surface area (Å²) in [5.41, 5.74) is 3.65. The average molecular weight is 548 g/mol. The van der Waals surface area contributed by atoms with Crippen molar-refractivity contribution in [3.05, 3.63) is 99.0 Å². The Labute approximate surface area is 237 Å². The number of carbonyl (C=O) groups is 1. The Balaban J connectivity index is 1.53. The zero-order valence-electron chi connectivity index (χ0n) is 23.0. The molecule has 4 aromatic rings. The Bertz CT molecular complexity index is 1780. The van der Waals surface area contributed by atoms with E-state index in [1.54, 1.807) is 36.5 Å². The Hall–Kier alpha value is -5.35. The summed E-state index contributed by atoms with van der Waals surface area (Å²) < 4.78 is 1.41. The predicted molar refractivity (Wildman–Crippen MR) is 157 cm³/mol. The van der Waals surface area contributed by atoms with Crippen LogP contribution in [0, 0.1) is 29.6 Å². The minimum Gasteiger partial charge on any atom is -0.478 e. The number of aryl methyl sites for hydroxylation is 1. The smallest absolute Gasteiger partial charge is 0.337 e. The quantitative estimate of drug-likeness (QED) is 0.361. The van der Waals surface area contributed by atoms with Gasteiger partial charge in [-0.2, -0.15) is 10.5 Å². The van der Waals surface area contributed by atoms with E-state index in [2.05, 4.69) is 29.3 Å². The van der Waals surface area contributed by atoms with Gasteiger partial charge in [-0.1, -0.05) is 12.1 Å². The second-order valence-electron chi connectivity index (χ2n) is 10.3. The van der Waals surface area contributed by atoms with Crippen molar-refractivity contribution in [2.75, 3.05) is 34.8 Å². The number of carboxylic acid groups (broad SMARTS) is 1. The molecular weight excluding hydrogens is 518 g/mol. The summed E-state index contributed by atoms with van der Waals surface area (Å²) in [4.78, 5) is 34.5. The number of para-hydroxylation sites is 1. The predicted octanol–water partition coefficient (Wildman–Crippen LogP) is 4.33. The zero-order chi connectivity index (χ0) is 29.3. The molecule has 1 aliphatic rings. The highest BCUT2D eigenvalue weighted by Crippen LogP contribution is 2.29. The molecule has 1 aliphatic heterocycles. The number of fused-ring (bicyclic) bond motifs is 1. The molecule has 0 saturated carbocycles. The Morgan fingerprint density at radius 2 is 1.85 bits per heavy atom. The maximum atomic E-state index is 13.6. The van der Waals surface area contributed by atoms with Gasteiger partial charge in [0.15, 0.2) is 11.4 Å². The molecule has 1 fully saturated rings. The monoisotopic (exact) mass is 547 g/mol. The lowest BCUT2D eigenvalue weighted by Crippen LogP contribution is -2.53. The van der Waals surface area contributed by atoms with E-state index in [-0.39, 0.29) is 17.2 Å². The van der Waals surface area contributed by atoms with E-state index in [1.165, 1.54) is 10.5 Å². The third kappa shape index (κ3) is 5.15. The Morgan fingerprint density at radius 3 is 2.51 bits per heavy atom. The SMILES string of the molecule is Cc1cc([C@@H](C)Nc2ccccc2C(=O)O)c2nc(N3CCN(c4ccc(C#N)cc4)C(C)C3)c(C#N)c(=O)n2c1. The lowest BCUT2D eigenvalue weighted by atomic mass is 10.1. The third-order valence-electron chi connectivity index (χ3n) is 7.43. The van der Waals surface area contributed by atoms with Crippen LogP contribution in [0.1, 0.15) is 52.5 Å². The van der Waals surface area contributed by atoms with Gasteiger partial charge < -0.3 is 20.2 Å². The number of anilines is 3. The number of hydrogen-bond acceptors (Lipinski definition) is 8. The molecule has 0 radical (unpaired) electrons. The number of hydrogen-bond donors (Lipinski definition) is 2. The molecule has 5 rings (SSSR count). The van der Waals surface area contributed by atoms with Crippen molar-refractivity contribution >= 4 is 28.8 Å². The van der Waals surface area contributed by atoms with E-state index in [9.17, 15) is 20.0 Å². The highest BCUT2D eigenvalue weighted by molar-refractivity contribution is 5.94. The van der Waals surface area contributed by atoms with Crippen molar-refractivity contribution < 1.29 is 9.90 Å². The first-order chi connectivity index (χ1) is 19.7. The minimum absolute atomic E-state index is 0.0186. The summed E-state index contributed by atoms with van der Waals surface area (Å²) in [6, 6.07) is 19.9. The first kappa shape index (κ1) is 27.2. The van der Waals surface area contributed by atoms with Gasteiger partial charge >= 0.3 is 5.97 Å². The van der Waals surface area contributed by atoms with Crippen molar-refractivity contribution in [1.29, 1.82) is 10.5 Å². The molecule has 0 amide bonds. The number of carboxylic acids is 1. The maximum Gasteiger partial charge on any atom is 0.337 e. The van der Waals surface area contributed by atoms with Crippen LogP contribution < -0.4 is 20.7 Å². The normalized spacial score (nSPS) is 15.7. The van der Waals surface area contributed by atoms with Crippen LogP contribution in [0.2, 0.25) is 0 Å². The van der Waals surface area contributed by atoms with Crippen molar-refractivity contribution in [3.8, 4) is 12.1 Å². The number of aromatic carboxylic acids is 1.